The molecule has 0 spiro atoms. The first-order valence-electron chi connectivity index (χ1n) is 5.23. The largest absolute Gasteiger partial charge is 0.394 e. The summed E-state index contributed by atoms with van der Waals surface area (Å²) in [5.74, 6) is 0. The van der Waals surface area contributed by atoms with Crippen molar-refractivity contribution < 1.29 is 5.11 Å². The molecule has 1 atom stereocenters. The summed E-state index contributed by atoms with van der Waals surface area (Å²) in [6, 6.07) is 9.89. The van der Waals surface area contributed by atoms with E-state index in [1.165, 1.54) is 0 Å². The molecule has 0 aromatic heterocycles. The number of hydrogen-bond donors (Lipinski definition) is 1. The number of aliphatic imine (C=N–C) groups is 1. The summed E-state index contributed by atoms with van der Waals surface area (Å²) in [4.78, 5) is 4.41. The van der Waals surface area contributed by atoms with E-state index in [1.807, 2.05) is 36.5 Å². The Bertz CT molecular complexity index is 311. The Morgan fingerprint density at radius 1 is 1.27 bits per heavy atom. The van der Waals surface area contributed by atoms with Gasteiger partial charge in [0.05, 0.1) is 12.6 Å². The monoisotopic (exact) mass is 205 g/mol. The summed E-state index contributed by atoms with van der Waals surface area (Å²) in [7, 11) is 0. The van der Waals surface area contributed by atoms with Crippen LogP contribution in [0.25, 0.3) is 0 Å². The Kier molecular flexibility index (Phi) is 4.04. The smallest absolute Gasteiger partial charge is 0.0778 e. The third-order valence-electron chi connectivity index (χ3n) is 2.38. The molecule has 1 rings (SSSR count). The second kappa shape index (κ2) is 5.08. The Labute approximate surface area is 91.7 Å². The molecule has 0 radical (unpaired) electrons. The van der Waals surface area contributed by atoms with Crippen molar-refractivity contribution in [3.05, 3.63) is 35.9 Å². The standard InChI is InChI=1S/C13H19NO/c1-13(2,3)12(10-15)14-9-11-7-5-4-6-8-11/h4-9,12,15H,10H2,1-3H3. The number of aliphatic hydroxyl groups is 1. The topological polar surface area (TPSA) is 32.6 Å². The molecule has 15 heavy (non-hydrogen) atoms. The Morgan fingerprint density at radius 2 is 1.87 bits per heavy atom. The lowest BCUT2D eigenvalue weighted by Crippen LogP contribution is -2.28. The van der Waals surface area contributed by atoms with Gasteiger partial charge in [-0.25, -0.2) is 0 Å². The van der Waals surface area contributed by atoms with Crippen LogP contribution in [-0.2, 0) is 0 Å². The maximum absolute atomic E-state index is 9.23. The zero-order valence-electron chi connectivity index (χ0n) is 9.64. The van der Waals surface area contributed by atoms with Crippen molar-refractivity contribution in [3.8, 4) is 0 Å². The molecule has 0 saturated carbocycles. The van der Waals surface area contributed by atoms with E-state index in [2.05, 4.69) is 25.8 Å². The van der Waals surface area contributed by atoms with E-state index in [0.29, 0.717) is 0 Å². The lowest BCUT2D eigenvalue weighted by molar-refractivity contribution is 0.191. The number of nitrogens with zero attached hydrogens (tertiary/aromatic N) is 1. The Balaban J connectivity index is 2.72. The number of aliphatic hydroxyl groups excluding tert-OH is 1. The summed E-state index contributed by atoms with van der Waals surface area (Å²) in [6.45, 7) is 6.33. The van der Waals surface area contributed by atoms with Gasteiger partial charge in [0.25, 0.3) is 0 Å². The van der Waals surface area contributed by atoms with Crippen LogP contribution in [0.1, 0.15) is 26.3 Å². The van der Waals surface area contributed by atoms with E-state index < -0.39 is 0 Å². The molecule has 82 valence electrons. The summed E-state index contributed by atoms with van der Waals surface area (Å²) >= 11 is 0. The molecule has 0 aliphatic rings. The normalized spacial score (nSPS) is 14.4. The van der Waals surface area contributed by atoms with Crippen molar-refractivity contribution in [2.24, 2.45) is 10.4 Å². The molecule has 2 heteroatoms. The van der Waals surface area contributed by atoms with E-state index >= 15 is 0 Å². The molecule has 0 heterocycles. The first kappa shape index (κ1) is 11.9. The lowest BCUT2D eigenvalue weighted by Gasteiger charge is -2.25. The van der Waals surface area contributed by atoms with Crippen LogP contribution < -0.4 is 0 Å². The summed E-state index contributed by atoms with van der Waals surface area (Å²) in [5, 5.41) is 9.23. The van der Waals surface area contributed by atoms with Crippen molar-refractivity contribution in [3.63, 3.8) is 0 Å². The van der Waals surface area contributed by atoms with Gasteiger partial charge in [0.1, 0.15) is 0 Å². The van der Waals surface area contributed by atoms with E-state index in [0.717, 1.165) is 5.56 Å². The van der Waals surface area contributed by atoms with E-state index in [9.17, 15) is 5.11 Å². The van der Waals surface area contributed by atoms with Crippen LogP contribution in [0, 0.1) is 5.41 Å². The zero-order valence-corrected chi connectivity index (χ0v) is 9.64. The molecule has 2 nitrogen and oxygen atoms in total. The van der Waals surface area contributed by atoms with Crippen molar-refractivity contribution in [1.29, 1.82) is 0 Å². The van der Waals surface area contributed by atoms with Gasteiger partial charge in [0.2, 0.25) is 0 Å². The molecular weight excluding hydrogens is 186 g/mol. The van der Waals surface area contributed by atoms with Crippen LogP contribution in [0.5, 0.6) is 0 Å². The fraction of sp³-hybridized carbons (Fsp3) is 0.462. The molecule has 0 amide bonds. The van der Waals surface area contributed by atoms with Gasteiger partial charge in [0.15, 0.2) is 0 Å². The van der Waals surface area contributed by atoms with Crippen molar-refractivity contribution in [1.82, 2.24) is 0 Å². The third-order valence-corrected chi connectivity index (χ3v) is 2.38. The molecular formula is C13H19NO. The van der Waals surface area contributed by atoms with Crippen LogP contribution in [-0.4, -0.2) is 24.0 Å². The highest BCUT2D eigenvalue weighted by molar-refractivity contribution is 5.79. The second-order valence-electron chi connectivity index (χ2n) is 4.75. The van der Waals surface area contributed by atoms with Crippen LogP contribution in [0.4, 0.5) is 0 Å². The predicted molar refractivity (Wildman–Crippen MR) is 64.4 cm³/mol. The fourth-order valence-corrected chi connectivity index (χ4v) is 1.26. The molecule has 0 aliphatic carbocycles. The van der Waals surface area contributed by atoms with E-state index in [1.54, 1.807) is 0 Å². The minimum absolute atomic E-state index is 0.0000301. The highest BCUT2D eigenvalue weighted by atomic mass is 16.3. The molecule has 0 aliphatic heterocycles. The SMILES string of the molecule is CC(C)(C)C(CO)N=Cc1ccccc1. The second-order valence-corrected chi connectivity index (χ2v) is 4.75. The minimum atomic E-state index is -0.0438. The fourth-order valence-electron chi connectivity index (χ4n) is 1.26. The van der Waals surface area contributed by atoms with E-state index in [4.69, 9.17) is 0 Å². The van der Waals surface area contributed by atoms with Gasteiger partial charge in [-0.15, -0.1) is 0 Å². The quantitative estimate of drug-likeness (QED) is 0.756. The van der Waals surface area contributed by atoms with Gasteiger partial charge in [-0.3, -0.25) is 4.99 Å². The maximum Gasteiger partial charge on any atom is 0.0778 e. The van der Waals surface area contributed by atoms with Gasteiger partial charge in [-0.2, -0.15) is 0 Å². The zero-order chi connectivity index (χ0) is 11.3. The average Bonchev–Trinajstić information content (AvgIpc) is 2.18. The molecule has 1 N–H and O–H groups in total. The number of rotatable bonds is 3. The van der Waals surface area contributed by atoms with Gasteiger partial charge >= 0.3 is 0 Å². The van der Waals surface area contributed by atoms with Crippen LogP contribution in [0.15, 0.2) is 35.3 Å². The maximum atomic E-state index is 9.23. The number of benzene rings is 1. The van der Waals surface area contributed by atoms with Gasteiger partial charge in [0, 0.05) is 6.21 Å². The first-order chi connectivity index (χ1) is 7.04. The molecule has 1 aromatic rings. The van der Waals surface area contributed by atoms with Crippen molar-refractivity contribution >= 4 is 6.21 Å². The van der Waals surface area contributed by atoms with Gasteiger partial charge in [-0.05, 0) is 11.0 Å². The molecule has 1 unspecified atom stereocenters. The van der Waals surface area contributed by atoms with Crippen LogP contribution in [0.2, 0.25) is 0 Å². The minimum Gasteiger partial charge on any atom is -0.394 e. The van der Waals surface area contributed by atoms with Crippen molar-refractivity contribution in [2.75, 3.05) is 6.61 Å². The average molecular weight is 205 g/mol. The Morgan fingerprint density at radius 3 is 2.33 bits per heavy atom. The summed E-state index contributed by atoms with van der Waals surface area (Å²) in [6.07, 6.45) is 1.83. The van der Waals surface area contributed by atoms with Crippen LogP contribution >= 0.6 is 0 Å². The van der Waals surface area contributed by atoms with Crippen LogP contribution in [0.3, 0.4) is 0 Å². The van der Waals surface area contributed by atoms with Crippen molar-refractivity contribution in [2.45, 2.75) is 26.8 Å². The van der Waals surface area contributed by atoms with Gasteiger partial charge in [-0.1, -0.05) is 51.1 Å². The predicted octanol–water partition coefficient (Wildman–Crippen LogP) is 2.51. The number of hydrogen-bond acceptors (Lipinski definition) is 2. The summed E-state index contributed by atoms with van der Waals surface area (Å²) < 4.78 is 0. The third kappa shape index (κ3) is 3.84. The summed E-state index contributed by atoms with van der Waals surface area (Å²) in [5.41, 5.74) is 1.07. The molecule has 1 aromatic carbocycles. The molecule has 0 saturated heterocycles. The molecule has 0 fully saturated rings. The molecule has 0 bridgehead atoms. The van der Waals surface area contributed by atoms with E-state index in [-0.39, 0.29) is 18.1 Å². The highest BCUT2D eigenvalue weighted by Crippen LogP contribution is 2.21. The first-order valence-corrected chi connectivity index (χ1v) is 5.23. The lowest BCUT2D eigenvalue weighted by atomic mass is 9.88. The van der Waals surface area contributed by atoms with Gasteiger partial charge < -0.3 is 5.11 Å². The Hall–Kier alpha value is -1.15. The highest BCUT2D eigenvalue weighted by Gasteiger charge is 2.22.